The van der Waals surface area contributed by atoms with E-state index >= 15 is 0 Å². The molecule has 0 saturated heterocycles. The van der Waals surface area contributed by atoms with Gasteiger partial charge in [-0.1, -0.05) is 11.6 Å². The third kappa shape index (κ3) is 6.05. The first-order valence-electron chi connectivity index (χ1n) is 5.74. The third-order valence-electron chi connectivity index (χ3n) is 2.42. The van der Waals surface area contributed by atoms with Gasteiger partial charge in [0.25, 0.3) is 0 Å². The molecule has 1 N–H and O–H groups in total. The summed E-state index contributed by atoms with van der Waals surface area (Å²) in [5.74, 6) is 0.192. The molecule has 0 radical (unpaired) electrons. The molecule has 0 aliphatic heterocycles. The Bertz CT molecular complexity index is 352. The zero-order chi connectivity index (χ0) is 12.7. The normalized spacial score (nSPS) is 10.5. The van der Waals surface area contributed by atoms with Gasteiger partial charge < -0.3 is 10.2 Å². The van der Waals surface area contributed by atoms with E-state index in [9.17, 15) is 4.79 Å². The van der Waals surface area contributed by atoms with Gasteiger partial charge in [0.15, 0.2) is 0 Å². The molecule has 1 aromatic heterocycles. The van der Waals surface area contributed by atoms with Crippen molar-refractivity contribution in [3.63, 3.8) is 0 Å². The highest BCUT2D eigenvalue weighted by atomic mass is 35.5. The summed E-state index contributed by atoms with van der Waals surface area (Å²) in [6.45, 7) is 1.83. The Labute approximate surface area is 112 Å². The molecule has 96 valence electrons. The number of nitrogens with zero attached hydrogens (tertiary/aromatic N) is 1. The lowest BCUT2D eigenvalue weighted by molar-refractivity contribution is -0.128. The Morgan fingerprint density at radius 1 is 1.41 bits per heavy atom. The predicted molar refractivity (Wildman–Crippen MR) is 73.8 cm³/mol. The summed E-state index contributed by atoms with van der Waals surface area (Å²) < 4.78 is 0.844. The van der Waals surface area contributed by atoms with Gasteiger partial charge >= 0.3 is 0 Å². The average Bonchev–Trinajstić information content (AvgIpc) is 2.68. The first kappa shape index (κ1) is 14.5. The van der Waals surface area contributed by atoms with E-state index in [1.807, 2.05) is 6.07 Å². The Balaban J connectivity index is 2.00. The van der Waals surface area contributed by atoms with Crippen molar-refractivity contribution in [2.75, 3.05) is 27.2 Å². The van der Waals surface area contributed by atoms with E-state index in [4.69, 9.17) is 11.6 Å². The fourth-order valence-corrected chi connectivity index (χ4v) is 2.50. The van der Waals surface area contributed by atoms with Crippen LogP contribution in [0.5, 0.6) is 0 Å². The van der Waals surface area contributed by atoms with Crippen molar-refractivity contribution in [2.45, 2.75) is 19.3 Å². The molecule has 17 heavy (non-hydrogen) atoms. The van der Waals surface area contributed by atoms with E-state index in [2.05, 4.69) is 11.4 Å². The Kier molecular flexibility index (Phi) is 6.55. The topological polar surface area (TPSA) is 32.3 Å². The minimum Gasteiger partial charge on any atom is -0.349 e. The van der Waals surface area contributed by atoms with E-state index in [0.717, 1.165) is 30.3 Å². The predicted octanol–water partition coefficient (Wildman–Crippen LogP) is 2.40. The van der Waals surface area contributed by atoms with Crippen LogP contribution in [0.15, 0.2) is 12.1 Å². The largest absolute Gasteiger partial charge is 0.349 e. The maximum absolute atomic E-state index is 11.3. The van der Waals surface area contributed by atoms with E-state index < -0.39 is 0 Å². The van der Waals surface area contributed by atoms with Gasteiger partial charge in [0.05, 0.1) is 4.34 Å². The molecule has 1 amide bonds. The molecule has 0 aromatic carbocycles. The smallest absolute Gasteiger partial charge is 0.222 e. The van der Waals surface area contributed by atoms with E-state index in [-0.39, 0.29) is 5.91 Å². The van der Waals surface area contributed by atoms with Crippen LogP contribution in [0, 0.1) is 0 Å². The fraction of sp³-hybridized carbons (Fsp3) is 0.583. The highest BCUT2D eigenvalue weighted by Gasteiger charge is 2.02. The molecule has 1 rings (SSSR count). The Hall–Kier alpha value is -0.580. The number of nitrogens with one attached hydrogen (secondary N) is 1. The summed E-state index contributed by atoms with van der Waals surface area (Å²) in [5, 5.41) is 3.33. The number of carbonyl (C=O) groups excluding carboxylic acids is 1. The molecule has 0 spiro atoms. The standard InChI is InChI=1S/C12H19ClN2OS/c1-15(2)12(16)4-3-8-14-9-7-10-5-6-11(13)17-10/h5-6,14H,3-4,7-9H2,1-2H3. The highest BCUT2D eigenvalue weighted by molar-refractivity contribution is 7.16. The molecule has 3 nitrogen and oxygen atoms in total. The lowest BCUT2D eigenvalue weighted by atomic mass is 10.3. The van der Waals surface area contributed by atoms with Crippen molar-refractivity contribution < 1.29 is 4.79 Å². The van der Waals surface area contributed by atoms with Crippen molar-refractivity contribution >= 4 is 28.8 Å². The van der Waals surface area contributed by atoms with Crippen LogP contribution in [-0.2, 0) is 11.2 Å². The van der Waals surface area contributed by atoms with Crippen LogP contribution >= 0.6 is 22.9 Å². The number of hydrogen-bond acceptors (Lipinski definition) is 3. The quantitative estimate of drug-likeness (QED) is 0.775. The molecule has 0 bridgehead atoms. The van der Waals surface area contributed by atoms with Crippen LogP contribution in [0.25, 0.3) is 0 Å². The van der Waals surface area contributed by atoms with Gasteiger partial charge in [0.2, 0.25) is 5.91 Å². The molecular weight excluding hydrogens is 256 g/mol. The number of halogens is 1. The lowest BCUT2D eigenvalue weighted by Gasteiger charge is -2.09. The minimum absolute atomic E-state index is 0.192. The van der Waals surface area contributed by atoms with Crippen molar-refractivity contribution in [1.82, 2.24) is 10.2 Å². The van der Waals surface area contributed by atoms with Crippen molar-refractivity contribution in [3.8, 4) is 0 Å². The summed E-state index contributed by atoms with van der Waals surface area (Å²) >= 11 is 7.47. The summed E-state index contributed by atoms with van der Waals surface area (Å²) in [5.41, 5.74) is 0. The number of thiophene rings is 1. The molecular formula is C12H19ClN2OS. The van der Waals surface area contributed by atoms with Crippen molar-refractivity contribution in [3.05, 3.63) is 21.3 Å². The molecule has 5 heteroatoms. The van der Waals surface area contributed by atoms with Crippen LogP contribution < -0.4 is 5.32 Å². The van der Waals surface area contributed by atoms with Gasteiger partial charge in [-0.25, -0.2) is 0 Å². The second kappa shape index (κ2) is 7.69. The van der Waals surface area contributed by atoms with Crippen LogP contribution in [-0.4, -0.2) is 38.0 Å². The molecule has 0 unspecified atom stereocenters. The maximum atomic E-state index is 11.3. The molecule has 0 atom stereocenters. The van der Waals surface area contributed by atoms with Crippen LogP contribution in [0.1, 0.15) is 17.7 Å². The Morgan fingerprint density at radius 2 is 2.18 bits per heavy atom. The molecule has 1 aromatic rings. The summed E-state index contributed by atoms with van der Waals surface area (Å²) in [6.07, 6.45) is 2.51. The van der Waals surface area contributed by atoms with Crippen LogP contribution in [0.2, 0.25) is 4.34 Å². The monoisotopic (exact) mass is 274 g/mol. The molecule has 0 aliphatic rings. The van der Waals surface area contributed by atoms with Gasteiger partial charge in [0.1, 0.15) is 0 Å². The van der Waals surface area contributed by atoms with Gasteiger partial charge in [-0.2, -0.15) is 0 Å². The zero-order valence-corrected chi connectivity index (χ0v) is 11.9. The summed E-state index contributed by atoms with van der Waals surface area (Å²) in [6, 6.07) is 3.99. The first-order chi connectivity index (χ1) is 8.09. The van der Waals surface area contributed by atoms with Crippen molar-refractivity contribution in [2.24, 2.45) is 0 Å². The van der Waals surface area contributed by atoms with Crippen molar-refractivity contribution in [1.29, 1.82) is 0 Å². The Morgan fingerprint density at radius 3 is 2.76 bits per heavy atom. The van der Waals surface area contributed by atoms with Gasteiger partial charge in [-0.05, 0) is 38.1 Å². The number of amides is 1. The minimum atomic E-state index is 0.192. The molecule has 1 heterocycles. The third-order valence-corrected chi connectivity index (χ3v) is 3.71. The maximum Gasteiger partial charge on any atom is 0.222 e. The lowest BCUT2D eigenvalue weighted by Crippen LogP contribution is -2.24. The van der Waals surface area contributed by atoms with Gasteiger partial charge in [-0.3, -0.25) is 4.79 Å². The van der Waals surface area contributed by atoms with E-state index in [0.29, 0.717) is 6.42 Å². The number of rotatable bonds is 7. The first-order valence-corrected chi connectivity index (χ1v) is 6.94. The zero-order valence-electron chi connectivity index (χ0n) is 10.3. The SMILES string of the molecule is CN(C)C(=O)CCCNCCc1ccc(Cl)s1. The number of hydrogen-bond donors (Lipinski definition) is 1. The summed E-state index contributed by atoms with van der Waals surface area (Å²) in [7, 11) is 3.58. The second-order valence-electron chi connectivity index (χ2n) is 4.10. The number of carbonyl (C=O) groups is 1. The molecule has 0 aliphatic carbocycles. The average molecular weight is 275 g/mol. The van der Waals surface area contributed by atoms with Crippen LogP contribution in [0.3, 0.4) is 0 Å². The van der Waals surface area contributed by atoms with Crippen LogP contribution in [0.4, 0.5) is 0 Å². The van der Waals surface area contributed by atoms with Gasteiger partial charge in [0, 0.05) is 25.4 Å². The van der Waals surface area contributed by atoms with E-state index in [1.165, 1.54) is 4.88 Å². The van der Waals surface area contributed by atoms with Gasteiger partial charge in [-0.15, -0.1) is 11.3 Å². The highest BCUT2D eigenvalue weighted by Crippen LogP contribution is 2.21. The van der Waals surface area contributed by atoms with E-state index in [1.54, 1.807) is 30.3 Å². The second-order valence-corrected chi connectivity index (χ2v) is 5.90. The fourth-order valence-electron chi connectivity index (χ4n) is 1.41. The molecule has 0 fully saturated rings. The molecule has 0 saturated carbocycles. The summed E-state index contributed by atoms with van der Waals surface area (Å²) in [4.78, 5) is 14.2.